The zero-order valence-corrected chi connectivity index (χ0v) is 11.2. The minimum atomic E-state index is 0.153. The lowest BCUT2D eigenvalue weighted by Crippen LogP contribution is -2.60. The van der Waals surface area contributed by atoms with Gasteiger partial charge in [0, 0.05) is 18.1 Å². The molecular formula is C14H20N2O2. The fourth-order valence-electron chi connectivity index (χ4n) is 2.47. The van der Waals surface area contributed by atoms with Gasteiger partial charge in [-0.05, 0) is 25.5 Å². The maximum atomic E-state index is 8.68. The Hall–Kier alpha value is -1.31. The third-order valence-corrected chi connectivity index (χ3v) is 3.84. The molecular weight excluding hydrogens is 228 g/mol. The van der Waals surface area contributed by atoms with E-state index in [9.17, 15) is 0 Å². The Morgan fingerprint density at radius 3 is 2.89 bits per heavy atom. The Morgan fingerprint density at radius 2 is 2.33 bits per heavy atom. The Labute approximate surface area is 108 Å². The summed E-state index contributed by atoms with van der Waals surface area (Å²) in [5.74, 6) is 1.18. The summed E-state index contributed by atoms with van der Waals surface area (Å²) < 4.78 is 11.0. The second-order valence-corrected chi connectivity index (χ2v) is 5.31. The van der Waals surface area contributed by atoms with Crippen molar-refractivity contribution in [3.8, 4) is 6.07 Å². The highest BCUT2D eigenvalue weighted by Gasteiger charge is 2.48. The van der Waals surface area contributed by atoms with Gasteiger partial charge in [-0.15, -0.1) is 0 Å². The summed E-state index contributed by atoms with van der Waals surface area (Å²) in [5.41, 5.74) is 0.153. The van der Waals surface area contributed by atoms with Crippen LogP contribution in [0.5, 0.6) is 0 Å². The highest BCUT2D eigenvalue weighted by molar-refractivity contribution is 5.19. The van der Waals surface area contributed by atoms with E-state index in [1.807, 2.05) is 19.1 Å². The van der Waals surface area contributed by atoms with Crippen molar-refractivity contribution in [2.45, 2.75) is 45.9 Å². The number of rotatable bonds is 5. The van der Waals surface area contributed by atoms with Crippen LogP contribution in [0.3, 0.4) is 0 Å². The Kier molecular flexibility index (Phi) is 3.74. The van der Waals surface area contributed by atoms with Crippen LogP contribution in [0.2, 0.25) is 0 Å². The molecule has 0 bridgehead atoms. The van der Waals surface area contributed by atoms with E-state index in [0.717, 1.165) is 18.8 Å². The maximum absolute atomic E-state index is 8.68. The van der Waals surface area contributed by atoms with Gasteiger partial charge in [0.1, 0.15) is 11.8 Å². The first-order chi connectivity index (χ1) is 8.57. The van der Waals surface area contributed by atoms with Crippen molar-refractivity contribution < 1.29 is 9.15 Å². The van der Waals surface area contributed by atoms with Crippen LogP contribution < -0.4 is 5.32 Å². The van der Waals surface area contributed by atoms with Gasteiger partial charge >= 0.3 is 0 Å². The molecule has 2 rings (SSSR count). The molecule has 0 amide bonds. The van der Waals surface area contributed by atoms with Gasteiger partial charge in [-0.2, -0.15) is 5.26 Å². The van der Waals surface area contributed by atoms with Gasteiger partial charge < -0.3 is 14.5 Å². The molecule has 1 aliphatic carbocycles. The molecule has 1 heterocycles. The third kappa shape index (κ3) is 2.43. The number of nitriles is 1. The van der Waals surface area contributed by atoms with Crippen LogP contribution in [0.4, 0.5) is 0 Å². The number of hydrogen-bond acceptors (Lipinski definition) is 4. The molecule has 0 radical (unpaired) electrons. The van der Waals surface area contributed by atoms with Crippen molar-refractivity contribution in [2.75, 3.05) is 6.61 Å². The molecule has 1 aromatic rings. The summed E-state index contributed by atoms with van der Waals surface area (Å²) in [6.07, 6.45) is 1.37. The molecule has 18 heavy (non-hydrogen) atoms. The zero-order valence-electron chi connectivity index (χ0n) is 11.2. The quantitative estimate of drug-likeness (QED) is 0.869. The number of ether oxygens (including phenoxy) is 1. The van der Waals surface area contributed by atoms with Gasteiger partial charge in [-0.3, -0.25) is 0 Å². The van der Waals surface area contributed by atoms with E-state index < -0.39 is 0 Å². The first kappa shape index (κ1) is 13.1. The molecule has 0 saturated heterocycles. The second kappa shape index (κ2) is 5.13. The second-order valence-electron chi connectivity index (χ2n) is 5.31. The number of furan rings is 1. The lowest BCUT2D eigenvalue weighted by Gasteiger charge is -2.51. The van der Waals surface area contributed by atoms with Gasteiger partial charge in [-0.25, -0.2) is 0 Å². The van der Waals surface area contributed by atoms with Crippen LogP contribution in [-0.2, 0) is 11.3 Å². The van der Waals surface area contributed by atoms with Crippen molar-refractivity contribution in [1.82, 2.24) is 5.32 Å². The van der Waals surface area contributed by atoms with Crippen LogP contribution in [0.25, 0.3) is 0 Å². The Balaban J connectivity index is 1.84. The average Bonchev–Trinajstić information content (AvgIpc) is 2.80. The lowest BCUT2D eigenvalue weighted by molar-refractivity contribution is -0.114. The van der Waals surface area contributed by atoms with Gasteiger partial charge in [0.25, 0.3) is 0 Å². The maximum Gasteiger partial charge on any atom is 0.203 e. The molecule has 98 valence electrons. The topological polar surface area (TPSA) is 58.2 Å². The van der Waals surface area contributed by atoms with Gasteiger partial charge in [0.2, 0.25) is 5.76 Å². The Morgan fingerprint density at radius 1 is 1.56 bits per heavy atom. The van der Waals surface area contributed by atoms with E-state index in [1.54, 1.807) is 6.07 Å². The summed E-state index contributed by atoms with van der Waals surface area (Å²) >= 11 is 0. The SMILES string of the molecule is CCOC1CC(NCc2ccc(C#N)o2)C1(C)C. The molecule has 0 aliphatic heterocycles. The van der Waals surface area contributed by atoms with Crippen LogP contribution >= 0.6 is 0 Å². The third-order valence-electron chi connectivity index (χ3n) is 3.84. The van der Waals surface area contributed by atoms with Crippen LogP contribution in [0.15, 0.2) is 16.5 Å². The Bertz CT molecular complexity index is 445. The number of nitrogens with one attached hydrogen (secondary N) is 1. The monoisotopic (exact) mass is 248 g/mol. The van der Waals surface area contributed by atoms with Gasteiger partial charge in [0.15, 0.2) is 0 Å². The van der Waals surface area contributed by atoms with Gasteiger partial charge in [0.05, 0.1) is 12.6 Å². The molecule has 1 aliphatic rings. The van der Waals surface area contributed by atoms with Crippen LogP contribution in [0, 0.1) is 16.7 Å². The average molecular weight is 248 g/mol. The van der Waals surface area contributed by atoms with Crippen molar-refractivity contribution in [2.24, 2.45) is 5.41 Å². The lowest BCUT2D eigenvalue weighted by atomic mass is 9.64. The first-order valence-corrected chi connectivity index (χ1v) is 6.41. The summed E-state index contributed by atoms with van der Waals surface area (Å²) in [6, 6.07) is 5.97. The molecule has 4 heteroatoms. The first-order valence-electron chi connectivity index (χ1n) is 6.41. The van der Waals surface area contributed by atoms with E-state index >= 15 is 0 Å². The summed E-state index contributed by atoms with van der Waals surface area (Å²) in [6.45, 7) is 7.90. The molecule has 1 N–H and O–H groups in total. The molecule has 2 unspecified atom stereocenters. The van der Waals surface area contributed by atoms with Crippen molar-refractivity contribution in [3.05, 3.63) is 23.7 Å². The molecule has 0 aromatic carbocycles. The molecule has 1 saturated carbocycles. The van der Waals surface area contributed by atoms with E-state index in [-0.39, 0.29) is 5.41 Å². The van der Waals surface area contributed by atoms with Crippen LogP contribution in [0.1, 0.15) is 38.7 Å². The summed E-state index contributed by atoms with van der Waals surface area (Å²) in [4.78, 5) is 0. The minimum absolute atomic E-state index is 0.153. The summed E-state index contributed by atoms with van der Waals surface area (Å²) in [5, 5.41) is 12.2. The predicted molar refractivity (Wildman–Crippen MR) is 67.9 cm³/mol. The molecule has 2 atom stereocenters. The van der Waals surface area contributed by atoms with Gasteiger partial charge in [-0.1, -0.05) is 13.8 Å². The molecule has 1 aromatic heterocycles. The molecule has 0 spiro atoms. The number of hydrogen-bond donors (Lipinski definition) is 1. The molecule has 1 fully saturated rings. The predicted octanol–water partition coefficient (Wildman–Crippen LogP) is 2.44. The van der Waals surface area contributed by atoms with Crippen molar-refractivity contribution in [1.29, 1.82) is 5.26 Å². The van der Waals surface area contributed by atoms with E-state index in [1.165, 1.54) is 0 Å². The van der Waals surface area contributed by atoms with E-state index in [0.29, 0.717) is 24.5 Å². The fourth-order valence-corrected chi connectivity index (χ4v) is 2.47. The highest BCUT2D eigenvalue weighted by Crippen LogP contribution is 2.42. The fraction of sp³-hybridized carbons (Fsp3) is 0.643. The largest absolute Gasteiger partial charge is 0.449 e. The summed E-state index contributed by atoms with van der Waals surface area (Å²) in [7, 11) is 0. The van der Waals surface area contributed by atoms with E-state index in [4.69, 9.17) is 14.4 Å². The van der Waals surface area contributed by atoms with Crippen LogP contribution in [-0.4, -0.2) is 18.8 Å². The standard InChI is InChI=1S/C14H20N2O2/c1-4-17-13-7-12(14(13,2)3)16-9-11-6-5-10(8-15)18-11/h5-6,12-13,16H,4,7,9H2,1-3H3. The zero-order chi connectivity index (χ0) is 13.2. The smallest absolute Gasteiger partial charge is 0.203 e. The molecule has 4 nitrogen and oxygen atoms in total. The minimum Gasteiger partial charge on any atom is -0.449 e. The number of nitrogens with zero attached hydrogens (tertiary/aromatic N) is 1. The van der Waals surface area contributed by atoms with Crippen molar-refractivity contribution >= 4 is 0 Å². The highest BCUT2D eigenvalue weighted by atomic mass is 16.5. The van der Waals surface area contributed by atoms with E-state index in [2.05, 4.69) is 19.2 Å². The van der Waals surface area contributed by atoms with Crippen molar-refractivity contribution in [3.63, 3.8) is 0 Å². The normalized spacial score (nSPS) is 25.4.